The van der Waals surface area contributed by atoms with E-state index in [4.69, 9.17) is 0 Å². The molecule has 0 bridgehead atoms. The number of thiophene rings is 1. The lowest BCUT2D eigenvalue weighted by molar-refractivity contribution is -0.131. The van der Waals surface area contributed by atoms with Crippen LogP contribution in [0.5, 0.6) is 0 Å². The van der Waals surface area contributed by atoms with E-state index in [1.54, 1.807) is 6.07 Å². The third-order valence-corrected chi connectivity index (χ3v) is 6.11. The van der Waals surface area contributed by atoms with Gasteiger partial charge in [-0.15, -0.1) is 11.3 Å². The Balaban J connectivity index is 1.41. The molecule has 132 valence electrons. The lowest BCUT2D eigenvalue weighted by atomic mass is 10.1. The zero-order valence-corrected chi connectivity index (χ0v) is 15.6. The first kappa shape index (κ1) is 16.9. The van der Waals surface area contributed by atoms with E-state index < -0.39 is 0 Å². The molecule has 0 atom stereocenters. The predicted octanol–water partition coefficient (Wildman–Crippen LogP) is 3.58. The summed E-state index contributed by atoms with van der Waals surface area (Å²) in [6.45, 7) is 1.23. The lowest BCUT2D eigenvalue weighted by Gasteiger charge is -2.26. The third-order valence-electron chi connectivity index (χ3n) is 4.25. The van der Waals surface area contributed by atoms with Crippen LogP contribution in [-0.2, 0) is 24.2 Å². The van der Waals surface area contributed by atoms with E-state index in [1.165, 1.54) is 22.7 Å². The molecule has 1 aliphatic heterocycles. The zero-order valence-electron chi connectivity index (χ0n) is 14.0. The second kappa shape index (κ2) is 7.39. The molecule has 2 amide bonds. The van der Waals surface area contributed by atoms with Crippen LogP contribution in [0.1, 0.15) is 25.8 Å². The fourth-order valence-corrected chi connectivity index (χ4v) is 4.55. The molecule has 0 saturated heterocycles. The monoisotopic (exact) mass is 383 g/mol. The fourth-order valence-electron chi connectivity index (χ4n) is 2.91. The maximum atomic E-state index is 12.6. The molecule has 0 radical (unpaired) electrons. The van der Waals surface area contributed by atoms with Crippen molar-refractivity contribution < 1.29 is 9.59 Å². The molecule has 0 fully saturated rings. The van der Waals surface area contributed by atoms with Crippen molar-refractivity contribution >= 4 is 39.6 Å². The summed E-state index contributed by atoms with van der Waals surface area (Å²) in [6.07, 6.45) is 1.14. The van der Waals surface area contributed by atoms with Crippen LogP contribution in [0.15, 0.2) is 47.8 Å². The van der Waals surface area contributed by atoms with Crippen molar-refractivity contribution in [1.82, 2.24) is 9.88 Å². The van der Waals surface area contributed by atoms with Crippen molar-refractivity contribution in [3.8, 4) is 0 Å². The lowest BCUT2D eigenvalue weighted by Crippen LogP contribution is -2.36. The van der Waals surface area contributed by atoms with Crippen molar-refractivity contribution in [2.45, 2.75) is 19.4 Å². The van der Waals surface area contributed by atoms with Gasteiger partial charge in [0.05, 0.1) is 23.5 Å². The van der Waals surface area contributed by atoms with Gasteiger partial charge in [-0.25, -0.2) is 4.98 Å². The average Bonchev–Trinajstić information content (AvgIpc) is 3.31. The van der Waals surface area contributed by atoms with Crippen molar-refractivity contribution in [3.63, 3.8) is 0 Å². The van der Waals surface area contributed by atoms with Crippen LogP contribution in [0, 0.1) is 0 Å². The van der Waals surface area contributed by atoms with Gasteiger partial charge in [-0.3, -0.25) is 14.9 Å². The van der Waals surface area contributed by atoms with E-state index in [9.17, 15) is 9.59 Å². The number of nitrogens with one attached hydrogen (secondary N) is 1. The minimum atomic E-state index is -0.136. The summed E-state index contributed by atoms with van der Waals surface area (Å²) in [5, 5.41) is 5.34. The molecule has 7 heteroatoms. The Kier molecular flexibility index (Phi) is 4.81. The van der Waals surface area contributed by atoms with Gasteiger partial charge in [-0.05, 0) is 17.0 Å². The van der Waals surface area contributed by atoms with Crippen LogP contribution in [-0.4, -0.2) is 28.2 Å². The van der Waals surface area contributed by atoms with Gasteiger partial charge >= 0.3 is 0 Å². The summed E-state index contributed by atoms with van der Waals surface area (Å²) in [4.78, 5) is 32.8. The summed E-state index contributed by atoms with van der Waals surface area (Å²) in [7, 11) is 0. The molecule has 2 aromatic heterocycles. The number of rotatable bonds is 4. The van der Waals surface area contributed by atoms with Gasteiger partial charge in [0.2, 0.25) is 5.91 Å². The van der Waals surface area contributed by atoms with E-state index in [2.05, 4.69) is 10.3 Å². The first-order valence-electron chi connectivity index (χ1n) is 8.34. The van der Waals surface area contributed by atoms with Gasteiger partial charge in [-0.1, -0.05) is 47.7 Å². The summed E-state index contributed by atoms with van der Waals surface area (Å²) < 4.78 is 0. The molecule has 4 rings (SSSR count). The Labute approximate surface area is 159 Å². The Bertz CT molecular complexity index is 920. The van der Waals surface area contributed by atoms with Crippen LogP contribution >= 0.6 is 22.7 Å². The van der Waals surface area contributed by atoms with Gasteiger partial charge in [0.15, 0.2) is 5.13 Å². The first-order chi connectivity index (χ1) is 12.7. The minimum Gasteiger partial charge on any atom is -0.337 e. The third kappa shape index (κ3) is 3.68. The Morgan fingerprint density at radius 1 is 1.15 bits per heavy atom. The molecule has 1 N–H and O–H groups in total. The van der Waals surface area contributed by atoms with E-state index in [0.717, 1.165) is 22.6 Å². The quantitative estimate of drug-likeness (QED) is 0.749. The highest BCUT2D eigenvalue weighted by molar-refractivity contribution is 7.16. The molecule has 0 unspecified atom stereocenters. The number of amides is 2. The van der Waals surface area contributed by atoms with Gasteiger partial charge in [0, 0.05) is 17.8 Å². The minimum absolute atomic E-state index is 0.124. The van der Waals surface area contributed by atoms with Gasteiger partial charge in [-0.2, -0.15) is 0 Å². The van der Waals surface area contributed by atoms with Crippen molar-refractivity contribution in [1.29, 1.82) is 0 Å². The summed E-state index contributed by atoms with van der Waals surface area (Å²) in [5.41, 5.74) is 2.01. The fraction of sp³-hybridized carbons (Fsp3) is 0.211. The van der Waals surface area contributed by atoms with Crippen LogP contribution in [0.2, 0.25) is 0 Å². The normalized spacial score (nSPS) is 13.3. The molecule has 0 saturated carbocycles. The Morgan fingerprint density at radius 2 is 2.00 bits per heavy atom. The highest BCUT2D eigenvalue weighted by atomic mass is 32.1. The highest BCUT2D eigenvalue weighted by Gasteiger charge is 2.24. The van der Waals surface area contributed by atoms with E-state index in [-0.39, 0.29) is 11.8 Å². The molecule has 1 aromatic carbocycles. The summed E-state index contributed by atoms with van der Waals surface area (Å²) >= 11 is 2.86. The van der Waals surface area contributed by atoms with Crippen molar-refractivity contribution in [2.75, 3.05) is 11.9 Å². The summed E-state index contributed by atoms with van der Waals surface area (Å²) in [6, 6.07) is 13.4. The number of fused-ring (bicyclic) bond motifs is 1. The SMILES string of the molecule is O=C(Nc1nc2c(s1)CN(C(=O)Cc1ccccc1)CC2)c1cccs1. The number of nitrogens with zero attached hydrogens (tertiary/aromatic N) is 2. The molecule has 3 heterocycles. The van der Waals surface area contributed by atoms with Crippen LogP contribution in [0.25, 0.3) is 0 Å². The molecule has 0 aliphatic carbocycles. The molecule has 1 aliphatic rings. The molecular formula is C19H17N3O2S2. The number of hydrogen-bond donors (Lipinski definition) is 1. The standard InChI is InChI=1S/C19H17N3O2S2/c23-17(11-13-5-2-1-3-6-13)22-9-8-14-16(12-22)26-19(20-14)21-18(24)15-7-4-10-25-15/h1-7,10H,8-9,11-12H2,(H,20,21,24). The van der Waals surface area contributed by atoms with Crippen molar-refractivity contribution in [2.24, 2.45) is 0 Å². The van der Waals surface area contributed by atoms with Gasteiger partial charge < -0.3 is 4.90 Å². The first-order valence-corrected chi connectivity index (χ1v) is 10.0. The summed E-state index contributed by atoms with van der Waals surface area (Å²) in [5.74, 6) is -0.0115. The maximum Gasteiger partial charge on any atom is 0.267 e. The molecule has 0 spiro atoms. The van der Waals surface area contributed by atoms with Gasteiger partial charge in [0.1, 0.15) is 0 Å². The average molecular weight is 383 g/mol. The smallest absolute Gasteiger partial charge is 0.267 e. The molecule has 5 nitrogen and oxygen atoms in total. The van der Waals surface area contributed by atoms with Crippen LogP contribution < -0.4 is 5.32 Å². The van der Waals surface area contributed by atoms with E-state index in [0.29, 0.717) is 29.5 Å². The van der Waals surface area contributed by atoms with E-state index >= 15 is 0 Å². The number of anilines is 1. The number of hydrogen-bond acceptors (Lipinski definition) is 5. The van der Waals surface area contributed by atoms with E-state index in [1.807, 2.05) is 46.7 Å². The Morgan fingerprint density at radius 3 is 2.77 bits per heavy atom. The number of carbonyl (C=O) groups excluding carboxylic acids is 2. The second-order valence-corrected chi connectivity index (χ2v) is 8.08. The number of benzene rings is 1. The number of aromatic nitrogens is 1. The topological polar surface area (TPSA) is 62.3 Å². The maximum absolute atomic E-state index is 12.6. The molecule has 26 heavy (non-hydrogen) atoms. The number of carbonyl (C=O) groups is 2. The Hall–Kier alpha value is -2.51. The van der Waals surface area contributed by atoms with Gasteiger partial charge in [0.25, 0.3) is 5.91 Å². The van der Waals surface area contributed by atoms with Crippen molar-refractivity contribution in [3.05, 3.63) is 68.9 Å². The molecular weight excluding hydrogens is 366 g/mol. The predicted molar refractivity (Wildman–Crippen MR) is 104 cm³/mol. The highest BCUT2D eigenvalue weighted by Crippen LogP contribution is 2.29. The van der Waals surface area contributed by atoms with Crippen LogP contribution in [0.4, 0.5) is 5.13 Å². The second-order valence-electron chi connectivity index (χ2n) is 6.05. The largest absolute Gasteiger partial charge is 0.337 e. The molecule has 3 aromatic rings. The zero-order chi connectivity index (χ0) is 17.9. The number of thiazole rings is 1. The van der Waals surface area contributed by atoms with Crippen LogP contribution in [0.3, 0.4) is 0 Å².